The van der Waals surface area contributed by atoms with Gasteiger partial charge in [-0.2, -0.15) is 0 Å². The normalized spacial score (nSPS) is 19.9. The van der Waals surface area contributed by atoms with Gasteiger partial charge >= 0.3 is 0 Å². The van der Waals surface area contributed by atoms with E-state index in [4.69, 9.17) is 14.2 Å². The van der Waals surface area contributed by atoms with Gasteiger partial charge in [0.15, 0.2) is 0 Å². The molecule has 4 rings (SSSR count). The van der Waals surface area contributed by atoms with E-state index in [-0.39, 0.29) is 5.75 Å². The maximum absolute atomic E-state index is 13.5. The minimum atomic E-state index is -1.36. The van der Waals surface area contributed by atoms with E-state index in [0.29, 0.717) is 17.1 Å². The molecule has 0 fully saturated rings. The first kappa shape index (κ1) is 18.0. The highest BCUT2D eigenvalue weighted by molar-refractivity contribution is 7.85. The lowest BCUT2D eigenvalue weighted by Crippen LogP contribution is -2.46. The second-order valence-corrected chi connectivity index (χ2v) is 8.02. The molecule has 0 spiro atoms. The molecule has 3 aromatic rings. The van der Waals surface area contributed by atoms with Crippen molar-refractivity contribution in [3.63, 3.8) is 0 Å². The Morgan fingerprint density at radius 1 is 1.04 bits per heavy atom. The Morgan fingerprint density at radius 3 is 2.63 bits per heavy atom. The first-order valence-electron chi connectivity index (χ1n) is 8.92. The molecular weight excluding hydrogens is 360 g/mol. The molecule has 140 valence electrons. The van der Waals surface area contributed by atoms with Gasteiger partial charge in [0, 0.05) is 18.9 Å². The first-order chi connectivity index (χ1) is 13.2. The standard InChI is InChI=1S/C22H22O4S/c1-24-20-12-11-16-7-3-5-9-18(16)21(20)27(23)15-22(25-2)14-13-17-8-4-6-10-19(17)26-22/h3-12H,13-15H2,1-2H3/t22-,27-/m1/s1. The fraction of sp³-hybridized carbons (Fsp3) is 0.273. The third-order valence-corrected chi connectivity index (χ3v) is 6.64. The van der Waals surface area contributed by atoms with E-state index in [0.717, 1.165) is 28.5 Å². The second kappa shape index (κ2) is 7.33. The van der Waals surface area contributed by atoms with Gasteiger partial charge in [0.2, 0.25) is 5.79 Å². The fourth-order valence-electron chi connectivity index (χ4n) is 3.58. The van der Waals surface area contributed by atoms with Crippen LogP contribution in [0.4, 0.5) is 0 Å². The van der Waals surface area contributed by atoms with Crippen molar-refractivity contribution in [3.05, 3.63) is 66.2 Å². The van der Waals surface area contributed by atoms with Crippen molar-refractivity contribution in [3.8, 4) is 11.5 Å². The van der Waals surface area contributed by atoms with Gasteiger partial charge in [-0.1, -0.05) is 48.5 Å². The molecule has 4 nitrogen and oxygen atoms in total. The van der Waals surface area contributed by atoms with Crippen molar-refractivity contribution in [2.24, 2.45) is 0 Å². The zero-order valence-corrected chi connectivity index (χ0v) is 16.3. The van der Waals surface area contributed by atoms with Gasteiger partial charge in [-0.3, -0.25) is 4.21 Å². The summed E-state index contributed by atoms with van der Waals surface area (Å²) in [6.45, 7) is 0. The molecule has 0 unspecified atom stereocenters. The Bertz CT molecular complexity index is 1000. The van der Waals surface area contributed by atoms with E-state index in [1.54, 1.807) is 14.2 Å². The number of hydrogen-bond acceptors (Lipinski definition) is 4. The summed E-state index contributed by atoms with van der Waals surface area (Å²) in [4.78, 5) is 0.689. The van der Waals surface area contributed by atoms with Crippen molar-refractivity contribution < 1.29 is 18.4 Å². The van der Waals surface area contributed by atoms with Gasteiger partial charge in [0.25, 0.3) is 0 Å². The predicted molar refractivity (Wildman–Crippen MR) is 107 cm³/mol. The lowest BCUT2D eigenvalue weighted by Gasteiger charge is -2.37. The molecule has 0 aromatic heterocycles. The van der Waals surface area contributed by atoms with Crippen LogP contribution < -0.4 is 9.47 Å². The number of para-hydroxylation sites is 1. The Labute approximate surface area is 161 Å². The quantitative estimate of drug-likeness (QED) is 0.659. The lowest BCUT2D eigenvalue weighted by molar-refractivity contribution is -0.156. The zero-order valence-electron chi connectivity index (χ0n) is 15.4. The molecule has 0 bridgehead atoms. The lowest BCUT2D eigenvalue weighted by atomic mass is 10.0. The molecule has 1 heterocycles. The van der Waals surface area contributed by atoms with Gasteiger partial charge in [-0.05, 0) is 29.5 Å². The molecular formula is C22H22O4S. The highest BCUT2D eigenvalue weighted by Crippen LogP contribution is 2.37. The van der Waals surface area contributed by atoms with E-state index < -0.39 is 16.6 Å². The minimum Gasteiger partial charge on any atom is -0.495 e. The van der Waals surface area contributed by atoms with Gasteiger partial charge in [-0.25, -0.2) is 0 Å². The molecule has 0 saturated heterocycles. The van der Waals surface area contributed by atoms with Crippen LogP contribution in [0.15, 0.2) is 65.6 Å². The number of methoxy groups -OCH3 is 2. The molecule has 2 atom stereocenters. The molecule has 5 heteroatoms. The molecule has 0 amide bonds. The van der Waals surface area contributed by atoms with Crippen molar-refractivity contribution in [2.75, 3.05) is 20.0 Å². The molecule has 1 aliphatic heterocycles. The third kappa shape index (κ3) is 3.33. The molecule has 1 aliphatic rings. The summed E-state index contributed by atoms with van der Waals surface area (Å²) in [6.07, 6.45) is 1.48. The summed E-state index contributed by atoms with van der Waals surface area (Å²) >= 11 is 0. The van der Waals surface area contributed by atoms with Gasteiger partial charge in [0.05, 0.1) is 28.6 Å². The van der Waals surface area contributed by atoms with E-state index in [2.05, 4.69) is 6.07 Å². The minimum absolute atomic E-state index is 0.238. The number of rotatable bonds is 5. The second-order valence-electron chi connectivity index (χ2n) is 6.63. The highest BCUT2D eigenvalue weighted by atomic mass is 32.2. The molecule has 0 aliphatic carbocycles. The largest absolute Gasteiger partial charge is 0.495 e. The fourth-order valence-corrected chi connectivity index (χ4v) is 5.25. The van der Waals surface area contributed by atoms with E-state index in [1.165, 1.54) is 0 Å². The average Bonchev–Trinajstić information content (AvgIpc) is 2.72. The molecule has 27 heavy (non-hydrogen) atoms. The number of hydrogen-bond donors (Lipinski definition) is 0. The summed E-state index contributed by atoms with van der Waals surface area (Å²) in [6, 6.07) is 19.7. The van der Waals surface area contributed by atoms with Crippen molar-refractivity contribution in [1.82, 2.24) is 0 Å². The number of aryl methyl sites for hydroxylation is 1. The van der Waals surface area contributed by atoms with Crippen LogP contribution in [0, 0.1) is 0 Å². The average molecular weight is 382 g/mol. The van der Waals surface area contributed by atoms with Crippen LogP contribution >= 0.6 is 0 Å². The molecule has 0 radical (unpaired) electrons. The Hall–Kier alpha value is -2.37. The van der Waals surface area contributed by atoms with Crippen molar-refractivity contribution in [2.45, 2.75) is 23.5 Å². The maximum Gasteiger partial charge on any atom is 0.222 e. The predicted octanol–water partition coefficient (Wildman–Crippen LogP) is 4.32. The van der Waals surface area contributed by atoms with Crippen LogP contribution in [0.5, 0.6) is 11.5 Å². The Balaban J connectivity index is 1.71. The van der Waals surface area contributed by atoms with Crippen molar-refractivity contribution >= 4 is 21.6 Å². The van der Waals surface area contributed by atoms with Crippen LogP contribution in [0.3, 0.4) is 0 Å². The summed E-state index contributed by atoms with van der Waals surface area (Å²) in [5.41, 5.74) is 1.15. The van der Waals surface area contributed by atoms with Gasteiger partial charge in [0.1, 0.15) is 11.5 Å². The van der Waals surface area contributed by atoms with E-state index in [9.17, 15) is 4.21 Å². The van der Waals surface area contributed by atoms with Gasteiger partial charge < -0.3 is 14.2 Å². The third-order valence-electron chi connectivity index (χ3n) is 5.06. The Kier molecular flexibility index (Phi) is 4.89. The summed E-state index contributed by atoms with van der Waals surface area (Å²) in [5.74, 6) is 0.741. The smallest absolute Gasteiger partial charge is 0.222 e. The molecule has 0 N–H and O–H groups in total. The summed E-state index contributed by atoms with van der Waals surface area (Å²) in [7, 11) is 1.86. The van der Waals surface area contributed by atoms with Crippen LogP contribution in [-0.2, 0) is 22.0 Å². The number of ether oxygens (including phenoxy) is 3. The zero-order chi connectivity index (χ0) is 18.9. The maximum atomic E-state index is 13.5. The number of fused-ring (bicyclic) bond motifs is 2. The molecule has 0 saturated carbocycles. The van der Waals surface area contributed by atoms with Crippen LogP contribution in [0.1, 0.15) is 12.0 Å². The van der Waals surface area contributed by atoms with Gasteiger partial charge in [-0.15, -0.1) is 0 Å². The topological polar surface area (TPSA) is 44.8 Å². The summed E-state index contributed by atoms with van der Waals surface area (Å²) in [5, 5.41) is 1.96. The summed E-state index contributed by atoms with van der Waals surface area (Å²) < 4.78 is 30.9. The monoisotopic (exact) mass is 382 g/mol. The van der Waals surface area contributed by atoms with Crippen LogP contribution in [0.25, 0.3) is 10.8 Å². The number of benzene rings is 3. The van der Waals surface area contributed by atoms with Crippen LogP contribution in [0.2, 0.25) is 0 Å². The first-order valence-corrected chi connectivity index (χ1v) is 10.2. The van der Waals surface area contributed by atoms with E-state index >= 15 is 0 Å². The van der Waals surface area contributed by atoms with E-state index in [1.807, 2.05) is 54.6 Å². The SMILES string of the molecule is COc1ccc2ccccc2c1[S@](=O)C[C@@]1(OC)CCc2ccccc2O1. The van der Waals surface area contributed by atoms with Crippen molar-refractivity contribution in [1.29, 1.82) is 0 Å². The molecule has 3 aromatic carbocycles. The van der Waals surface area contributed by atoms with Crippen LogP contribution in [-0.4, -0.2) is 30.0 Å². The Morgan fingerprint density at radius 2 is 1.81 bits per heavy atom. The highest BCUT2D eigenvalue weighted by Gasteiger charge is 2.39.